The van der Waals surface area contributed by atoms with Gasteiger partial charge in [0.05, 0.1) is 13.2 Å². The van der Waals surface area contributed by atoms with Gasteiger partial charge in [0.15, 0.2) is 0 Å². The number of hydrogen-bond donors (Lipinski definition) is 2. The molecule has 2 heterocycles. The van der Waals surface area contributed by atoms with Crippen molar-refractivity contribution < 1.29 is 24.5 Å². The minimum absolute atomic E-state index is 0.124. The summed E-state index contributed by atoms with van der Waals surface area (Å²) in [5.41, 5.74) is -2.26. The minimum atomic E-state index is -1.19. The Hall–Kier alpha value is -0.650. The summed E-state index contributed by atoms with van der Waals surface area (Å²) in [5, 5.41) is 19.3. The van der Waals surface area contributed by atoms with Crippen LogP contribution in [0.15, 0.2) is 0 Å². The number of ether oxygens (including phenoxy) is 2. The third-order valence-electron chi connectivity index (χ3n) is 3.33. The van der Waals surface area contributed by atoms with Gasteiger partial charge >= 0.3 is 5.97 Å². The predicted octanol–water partition coefficient (Wildman–Crippen LogP) is -0.371. The van der Waals surface area contributed by atoms with Crippen LogP contribution in [0.25, 0.3) is 0 Å². The number of carboxylic acid groups (broad SMARTS) is 1. The van der Waals surface area contributed by atoms with Gasteiger partial charge in [0, 0.05) is 13.2 Å². The van der Waals surface area contributed by atoms with E-state index in [1.54, 1.807) is 0 Å². The molecule has 2 fully saturated rings. The summed E-state index contributed by atoms with van der Waals surface area (Å²) in [5.74, 6) is -0.938. The maximum Gasteiger partial charge on any atom is 0.312 e. The van der Waals surface area contributed by atoms with Crippen LogP contribution in [0.3, 0.4) is 0 Å². The molecule has 0 amide bonds. The van der Waals surface area contributed by atoms with Crippen molar-refractivity contribution in [1.82, 2.24) is 0 Å². The summed E-state index contributed by atoms with van der Waals surface area (Å²) in [6.45, 7) is 1.04. The first-order valence-electron chi connectivity index (χ1n) is 4.72. The lowest BCUT2D eigenvalue weighted by Gasteiger charge is -2.50. The van der Waals surface area contributed by atoms with Crippen LogP contribution in [0, 0.1) is 5.41 Å². The van der Waals surface area contributed by atoms with Gasteiger partial charge in [0.25, 0.3) is 0 Å². The van der Waals surface area contributed by atoms with Crippen molar-refractivity contribution in [2.24, 2.45) is 5.41 Å². The summed E-state index contributed by atoms with van der Waals surface area (Å²) in [6, 6.07) is 0. The van der Waals surface area contributed by atoms with Crippen molar-refractivity contribution in [2.45, 2.75) is 18.4 Å². The Balaban J connectivity index is 2.24. The summed E-state index contributed by atoms with van der Waals surface area (Å²) in [4.78, 5) is 11.2. The first-order valence-corrected chi connectivity index (χ1v) is 4.72. The Kier molecular flexibility index (Phi) is 2.25. The van der Waals surface area contributed by atoms with Crippen molar-refractivity contribution >= 4 is 5.97 Å². The van der Waals surface area contributed by atoms with Crippen LogP contribution < -0.4 is 0 Å². The molecular formula is C9H14O5. The molecule has 5 nitrogen and oxygen atoms in total. The smallest absolute Gasteiger partial charge is 0.312 e. The highest BCUT2D eigenvalue weighted by molar-refractivity contribution is 5.77. The number of aliphatic hydroxyl groups is 1. The van der Waals surface area contributed by atoms with E-state index in [1.807, 2.05) is 0 Å². The van der Waals surface area contributed by atoms with E-state index < -0.39 is 17.0 Å². The molecule has 2 aliphatic rings. The van der Waals surface area contributed by atoms with E-state index in [4.69, 9.17) is 9.47 Å². The van der Waals surface area contributed by atoms with Crippen LogP contribution in [-0.2, 0) is 14.3 Å². The van der Waals surface area contributed by atoms with Crippen molar-refractivity contribution in [2.75, 3.05) is 26.4 Å². The quantitative estimate of drug-likeness (QED) is 0.639. The standard InChI is InChI=1S/C9H14O5/c10-7(11)8(1-3-13-4-2-8)9(12)5-14-6-9/h12H,1-6H2,(H,10,11). The molecule has 0 aliphatic carbocycles. The van der Waals surface area contributed by atoms with Crippen LogP contribution in [0.1, 0.15) is 12.8 Å². The fraction of sp³-hybridized carbons (Fsp3) is 0.889. The maximum atomic E-state index is 11.2. The van der Waals surface area contributed by atoms with Crippen LogP contribution in [0.4, 0.5) is 0 Å². The molecule has 0 aromatic rings. The Morgan fingerprint density at radius 1 is 1.14 bits per heavy atom. The molecular weight excluding hydrogens is 188 g/mol. The van der Waals surface area contributed by atoms with E-state index >= 15 is 0 Å². The van der Waals surface area contributed by atoms with Crippen LogP contribution in [0.2, 0.25) is 0 Å². The number of carbonyl (C=O) groups is 1. The molecule has 0 radical (unpaired) electrons. The molecule has 0 spiro atoms. The zero-order valence-corrected chi connectivity index (χ0v) is 7.86. The average molecular weight is 202 g/mol. The van der Waals surface area contributed by atoms with Gasteiger partial charge in [-0.25, -0.2) is 0 Å². The zero-order valence-electron chi connectivity index (χ0n) is 7.86. The van der Waals surface area contributed by atoms with Gasteiger partial charge in [-0.1, -0.05) is 0 Å². The van der Waals surface area contributed by atoms with Crippen LogP contribution in [-0.4, -0.2) is 48.2 Å². The molecule has 0 saturated carbocycles. The fourth-order valence-corrected chi connectivity index (χ4v) is 2.17. The molecule has 2 saturated heterocycles. The number of aliphatic carboxylic acids is 1. The lowest BCUT2D eigenvalue weighted by Crippen LogP contribution is -2.66. The summed E-state index contributed by atoms with van der Waals surface area (Å²) >= 11 is 0. The maximum absolute atomic E-state index is 11.2. The van der Waals surface area contributed by atoms with Crippen LogP contribution >= 0.6 is 0 Å². The fourth-order valence-electron chi connectivity index (χ4n) is 2.17. The van der Waals surface area contributed by atoms with E-state index in [-0.39, 0.29) is 13.2 Å². The monoisotopic (exact) mass is 202 g/mol. The highest BCUT2D eigenvalue weighted by Gasteiger charge is 2.60. The molecule has 80 valence electrons. The first-order chi connectivity index (χ1) is 6.61. The van der Waals surface area contributed by atoms with E-state index in [0.717, 1.165) is 0 Å². The summed E-state index contributed by atoms with van der Waals surface area (Å²) in [7, 11) is 0. The SMILES string of the molecule is O=C(O)C1(C2(O)COC2)CCOCC1. The molecule has 2 aliphatic heterocycles. The molecule has 2 rings (SSSR count). The normalized spacial score (nSPS) is 29.2. The van der Waals surface area contributed by atoms with E-state index in [1.165, 1.54) is 0 Å². The molecule has 5 heteroatoms. The van der Waals surface area contributed by atoms with Crippen molar-refractivity contribution in [3.05, 3.63) is 0 Å². The highest BCUT2D eigenvalue weighted by atomic mass is 16.5. The molecule has 0 aromatic heterocycles. The van der Waals surface area contributed by atoms with Gasteiger partial charge in [-0.3, -0.25) is 4.79 Å². The number of rotatable bonds is 2. The van der Waals surface area contributed by atoms with Crippen LogP contribution in [0.5, 0.6) is 0 Å². The van der Waals surface area contributed by atoms with Gasteiger partial charge in [0.1, 0.15) is 11.0 Å². The average Bonchev–Trinajstić information content (AvgIpc) is 2.15. The Morgan fingerprint density at radius 3 is 2.07 bits per heavy atom. The predicted molar refractivity (Wildman–Crippen MR) is 45.9 cm³/mol. The van der Waals surface area contributed by atoms with E-state index in [9.17, 15) is 15.0 Å². The van der Waals surface area contributed by atoms with Gasteiger partial charge in [-0.2, -0.15) is 0 Å². The van der Waals surface area contributed by atoms with Crippen molar-refractivity contribution in [1.29, 1.82) is 0 Å². The molecule has 0 bridgehead atoms. The second-order valence-corrected chi connectivity index (χ2v) is 4.02. The molecule has 2 N–H and O–H groups in total. The van der Waals surface area contributed by atoms with Gasteiger partial charge in [-0.05, 0) is 12.8 Å². The summed E-state index contributed by atoms with van der Waals surface area (Å²) < 4.78 is 10.0. The van der Waals surface area contributed by atoms with E-state index in [0.29, 0.717) is 26.1 Å². The Morgan fingerprint density at radius 2 is 1.71 bits per heavy atom. The third-order valence-corrected chi connectivity index (χ3v) is 3.33. The minimum Gasteiger partial charge on any atom is -0.481 e. The molecule has 0 atom stereocenters. The highest BCUT2D eigenvalue weighted by Crippen LogP contribution is 2.45. The molecule has 0 unspecified atom stereocenters. The number of hydrogen-bond acceptors (Lipinski definition) is 4. The largest absolute Gasteiger partial charge is 0.481 e. The van der Waals surface area contributed by atoms with E-state index in [2.05, 4.69) is 0 Å². The van der Waals surface area contributed by atoms with Crippen molar-refractivity contribution in [3.63, 3.8) is 0 Å². The third kappa shape index (κ3) is 1.16. The lowest BCUT2D eigenvalue weighted by atomic mass is 9.65. The van der Waals surface area contributed by atoms with Gasteiger partial charge in [-0.15, -0.1) is 0 Å². The van der Waals surface area contributed by atoms with Gasteiger partial charge in [0.2, 0.25) is 0 Å². The first kappa shape index (κ1) is 9.89. The molecule has 14 heavy (non-hydrogen) atoms. The second-order valence-electron chi connectivity index (χ2n) is 4.02. The zero-order chi connectivity index (χ0) is 10.2. The topological polar surface area (TPSA) is 76.0 Å². The second kappa shape index (κ2) is 3.18. The Labute approximate surface area is 81.6 Å². The Bertz CT molecular complexity index is 240. The molecule has 0 aromatic carbocycles. The summed E-state index contributed by atoms with van der Waals surface area (Å²) in [6.07, 6.45) is 0.727. The number of carboxylic acids is 1. The van der Waals surface area contributed by atoms with Gasteiger partial charge < -0.3 is 19.7 Å². The lowest BCUT2D eigenvalue weighted by molar-refractivity contribution is -0.258. The van der Waals surface area contributed by atoms with Crippen molar-refractivity contribution in [3.8, 4) is 0 Å².